The lowest BCUT2D eigenvalue weighted by Gasteiger charge is -2.24. The molecule has 0 bridgehead atoms. The molecule has 0 atom stereocenters. The maximum atomic E-state index is 13.3. The van der Waals surface area contributed by atoms with Crippen LogP contribution < -0.4 is 25.6 Å². The fourth-order valence-electron chi connectivity index (χ4n) is 3.84. The number of amides is 4. The first kappa shape index (κ1) is 27.6. The Morgan fingerprint density at radius 3 is 2.15 bits per heavy atom. The smallest absolute Gasteiger partial charge is 0.326 e. The minimum absolute atomic E-state index is 0.0705. The second kappa shape index (κ2) is 13.4. The van der Waals surface area contributed by atoms with Crippen LogP contribution in [0.1, 0.15) is 12.0 Å². The van der Waals surface area contributed by atoms with E-state index >= 15 is 0 Å². The second-order valence-electron chi connectivity index (χ2n) is 8.84. The van der Waals surface area contributed by atoms with E-state index in [9.17, 15) is 19.7 Å². The number of para-hydroxylation sites is 2. The predicted molar refractivity (Wildman–Crippen MR) is 155 cm³/mol. The van der Waals surface area contributed by atoms with E-state index in [2.05, 4.69) is 16.0 Å². The zero-order valence-electron chi connectivity index (χ0n) is 21.9. The molecule has 4 rings (SSSR count). The lowest BCUT2D eigenvalue weighted by Crippen LogP contribution is -2.38. The molecule has 10 nitrogen and oxygen atoms in total. The minimum Gasteiger partial charge on any atom is -0.457 e. The van der Waals surface area contributed by atoms with Gasteiger partial charge in [0.2, 0.25) is 0 Å². The highest BCUT2D eigenvalue weighted by molar-refractivity contribution is 6.01. The van der Waals surface area contributed by atoms with Gasteiger partial charge in [-0.15, -0.1) is 0 Å². The summed E-state index contributed by atoms with van der Waals surface area (Å²) in [5.41, 5.74) is 2.64. The van der Waals surface area contributed by atoms with Crippen molar-refractivity contribution in [1.82, 2.24) is 5.32 Å². The molecule has 3 N–H and O–H groups in total. The number of benzene rings is 4. The molecule has 4 amide bonds. The number of hydrogen-bond acceptors (Lipinski definition) is 5. The van der Waals surface area contributed by atoms with Crippen molar-refractivity contribution in [3.63, 3.8) is 0 Å². The Bertz CT molecular complexity index is 1440. The third kappa shape index (κ3) is 7.81. The van der Waals surface area contributed by atoms with Gasteiger partial charge in [0.15, 0.2) is 0 Å². The van der Waals surface area contributed by atoms with Crippen LogP contribution in [0.15, 0.2) is 103 Å². The fraction of sp³-hybridized carbons (Fsp3) is 0.133. The summed E-state index contributed by atoms with van der Waals surface area (Å²) in [4.78, 5) is 37.6. The Balaban J connectivity index is 1.41. The third-order valence-electron chi connectivity index (χ3n) is 5.94. The van der Waals surface area contributed by atoms with E-state index in [4.69, 9.17) is 4.74 Å². The Hall–Kier alpha value is -5.38. The topological polar surface area (TPSA) is 126 Å². The van der Waals surface area contributed by atoms with Crippen molar-refractivity contribution in [1.29, 1.82) is 0 Å². The van der Waals surface area contributed by atoms with Crippen molar-refractivity contribution in [2.75, 3.05) is 28.6 Å². The summed E-state index contributed by atoms with van der Waals surface area (Å²) in [7, 11) is 0. The van der Waals surface area contributed by atoms with Gasteiger partial charge >= 0.3 is 12.1 Å². The van der Waals surface area contributed by atoms with Crippen LogP contribution >= 0.6 is 0 Å². The molecule has 0 fully saturated rings. The standard InChI is InChI=1S/C30H29N5O5/c1-22-8-5-6-11-28(22)33-29(36)31-20-7-21-34(30(37)32-23-12-14-25(15-13-23)35(38)39)24-16-18-27(19-17-24)40-26-9-3-2-4-10-26/h2-6,8-19H,7,20-21H2,1H3,(H,32,37)(H2,31,33,36). The predicted octanol–water partition coefficient (Wildman–Crippen LogP) is 6.95. The average molecular weight is 540 g/mol. The Kier molecular flexibility index (Phi) is 9.28. The highest BCUT2D eigenvalue weighted by atomic mass is 16.6. The third-order valence-corrected chi connectivity index (χ3v) is 5.94. The molecule has 0 radical (unpaired) electrons. The van der Waals surface area contributed by atoms with Gasteiger partial charge in [-0.05, 0) is 73.5 Å². The van der Waals surface area contributed by atoms with Crippen LogP contribution in [-0.4, -0.2) is 30.1 Å². The van der Waals surface area contributed by atoms with Crippen molar-refractivity contribution in [2.24, 2.45) is 0 Å². The van der Waals surface area contributed by atoms with Gasteiger partial charge in [-0.2, -0.15) is 0 Å². The van der Waals surface area contributed by atoms with Crippen LogP contribution in [0.5, 0.6) is 11.5 Å². The van der Waals surface area contributed by atoms with E-state index in [1.54, 1.807) is 24.3 Å². The van der Waals surface area contributed by atoms with Crippen molar-refractivity contribution in [3.05, 3.63) is 119 Å². The van der Waals surface area contributed by atoms with Gasteiger partial charge in [0.25, 0.3) is 5.69 Å². The number of nitrogens with zero attached hydrogens (tertiary/aromatic N) is 2. The molecular weight excluding hydrogens is 510 g/mol. The number of hydrogen-bond donors (Lipinski definition) is 3. The molecule has 4 aromatic carbocycles. The normalized spacial score (nSPS) is 10.3. The van der Waals surface area contributed by atoms with Crippen molar-refractivity contribution in [3.8, 4) is 11.5 Å². The zero-order chi connectivity index (χ0) is 28.3. The van der Waals surface area contributed by atoms with Crippen LogP contribution in [0.25, 0.3) is 0 Å². The van der Waals surface area contributed by atoms with Gasteiger partial charge in [0, 0.05) is 42.3 Å². The number of nitrogens with one attached hydrogen (secondary N) is 3. The van der Waals surface area contributed by atoms with Crippen molar-refractivity contribution < 1.29 is 19.2 Å². The van der Waals surface area contributed by atoms with Gasteiger partial charge in [0.05, 0.1) is 4.92 Å². The van der Waals surface area contributed by atoms with Crippen molar-refractivity contribution in [2.45, 2.75) is 13.3 Å². The summed E-state index contributed by atoms with van der Waals surface area (Å²) in [5, 5.41) is 19.4. The van der Waals surface area contributed by atoms with Crippen LogP contribution in [0.3, 0.4) is 0 Å². The van der Waals surface area contributed by atoms with E-state index in [1.807, 2.05) is 61.5 Å². The quantitative estimate of drug-likeness (QED) is 0.114. The number of rotatable bonds is 10. The number of carbonyl (C=O) groups excluding carboxylic acids is 2. The molecule has 0 saturated heterocycles. The highest BCUT2D eigenvalue weighted by Crippen LogP contribution is 2.25. The lowest BCUT2D eigenvalue weighted by molar-refractivity contribution is -0.384. The Morgan fingerprint density at radius 2 is 1.48 bits per heavy atom. The van der Waals surface area contributed by atoms with Crippen LogP contribution in [0.4, 0.5) is 32.3 Å². The number of nitro groups is 1. The SMILES string of the molecule is Cc1ccccc1NC(=O)NCCCN(C(=O)Nc1ccc([N+](=O)[O-])cc1)c1ccc(Oc2ccccc2)cc1. The summed E-state index contributed by atoms with van der Waals surface area (Å²) in [6.07, 6.45) is 0.469. The molecule has 4 aromatic rings. The Morgan fingerprint density at radius 1 is 0.825 bits per heavy atom. The van der Waals surface area contributed by atoms with E-state index in [1.165, 1.54) is 29.2 Å². The summed E-state index contributed by atoms with van der Waals surface area (Å²) in [6, 6.07) is 28.7. The monoisotopic (exact) mass is 539 g/mol. The van der Waals surface area contributed by atoms with E-state index < -0.39 is 11.0 Å². The molecule has 0 spiro atoms. The summed E-state index contributed by atoms with van der Waals surface area (Å²) in [6.45, 7) is 2.53. The highest BCUT2D eigenvalue weighted by Gasteiger charge is 2.17. The van der Waals surface area contributed by atoms with Gasteiger partial charge < -0.3 is 20.7 Å². The van der Waals surface area contributed by atoms with Crippen LogP contribution in [0, 0.1) is 17.0 Å². The number of non-ortho nitro benzene ring substituents is 1. The largest absolute Gasteiger partial charge is 0.457 e. The van der Waals surface area contributed by atoms with E-state index in [0.717, 1.165) is 11.3 Å². The molecule has 0 aliphatic rings. The number of ether oxygens (including phenoxy) is 1. The summed E-state index contributed by atoms with van der Waals surface area (Å²) >= 11 is 0. The number of carbonyl (C=O) groups is 2. The molecule has 0 aromatic heterocycles. The first-order valence-corrected chi connectivity index (χ1v) is 12.7. The number of anilines is 3. The molecule has 0 unspecified atom stereocenters. The van der Waals surface area contributed by atoms with Gasteiger partial charge in [-0.1, -0.05) is 36.4 Å². The maximum Gasteiger partial charge on any atom is 0.326 e. The lowest BCUT2D eigenvalue weighted by atomic mass is 10.2. The van der Waals surface area contributed by atoms with Crippen LogP contribution in [-0.2, 0) is 0 Å². The second-order valence-corrected chi connectivity index (χ2v) is 8.84. The first-order valence-electron chi connectivity index (χ1n) is 12.7. The Labute approximate surface area is 231 Å². The van der Waals surface area contributed by atoms with Gasteiger partial charge in [-0.3, -0.25) is 15.0 Å². The molecule has 0 heterocycles. The molecule has 204 valence electrons. The molecule has 0 aliphatic heterocycles. The fourth-order valence-corrected chi connectivity index (χ4v) is 3.84. The number of aryl methyl sites for hydroxylation is 1. The summed E-state index contributed by atoms with van der Waals surface area (Å²) in [5.74, 6) is 1.30. The molecule has 10 heteroatoms. The number of urea groups is 2. The van der Waals surface area contributed by atoms with Crippen LogP contribution in [0.2, 0.25) is 0 Å². The molecule has 0 aliphatic carbocycles. The number of nitro benzene ring substituents is 1. The van der Waals surface area contributed by atoms with E-state index in [0.29, 0.717) is 42.4 Å². The van der Waals surface area contributed by atoms with E-state index in [-0.39, 0.29) is 11.7 Å². The molecular formula is C30H29N5O5. The average Bonchev–Trinajstić information content (AvgIpc) is 2.96. The zero-order valence-corrected chi connectivity index (χ0v) is 21.9. The molecule has 40 heavy (non-hydrogen) atoms. The molecule has 0 saturated carbocycles. The summed E-state index contributed by atoms with van der Waals surface area (Å²) < 4.78 is 5.85. The minimum atomic E-state index is -0.501. The van der Waals surface area contributed by atoms with Gasteiger partial charge in [-0.25, -0.2) is 9.59 Å². The van der Waals surface area contributed by atoms with Crippen molar-refractivity contribution >= 4 is 34.8 Å². The van der Waals surface area contributed by atoms with Gasteiger partial charge in [0.1, 0.15) is 11.5 Å². The first-order chi connectivity index (χ1) is 19.4. The maximum absolute atomic E-state index is 13.3.